The summed E-state index contributed by atoms with van der Waals surface area (Å²) in [7, 11) is 0. The fourth-order valence-corrected chi connectivity index (χ4v) is 2.47. The number of hydrogen-bond acceptors (Lipinski definition) is 5. The minimum atomic E-state index is -0.508. The Bertz CT molecular complexity index is 609. The van der Waals surface area contributed by atoms with E-state index in [4.69, 9.17) is 0 Å². The van der Waals surface area contributed by atoms with Crippen LogP contribution in [0.5, 0.6) is 5.75 Å². The second-order valence-corrected chi connectivity index (χ2v) is 4.73. The number of nitrogens with one attached hydrogen (secondary N) is 1. The molecule has 1 aromatic carbocycles. The molecule has 1 atom stereocenters. The van der Waals surface area contributed by atoms with Crippen molar-refractivity contribution in [2.75, 3.05) is 0 Å². The molecule has 6 heteroatoms. The highest BCUT2D eigenvalue weighted by Crippen LogP contribution is 2.31. The van der Waals surface area contributed by atoms with Gasteiger partial charge >= 0.3 is 0 Å². The number of carbonyl (C=O) groups excluding carboxylic acids is 2. The Morgan fingerprint density at radius 2 is 2.21 bits per heavy atom. The van der Waals surface area contributed by atoms with Gasteiger partial charge in [0, 0.05) is 12.1 Å². The number of benzene rings is 1. The van der Waals surface area contributed by atoms with Crippen LogP contribution in [0.1, 0.15) is 18.9 Å². The van der Waals surface area contributed by atoms with Gasteiger partial charge in [-0.2, -0.15) is 0 Å². The third kappa shape index (κ3) is 1.95. The maximum atomic E-state index is 11.7. The van der Waals surface area contributed by atoms with Crippen LogP contribution in [-0.4, -0.2) is 33.7 Å². The zero-order valence-electron chi connectivity index (χ0n) is 10.4. The quantitative estimate of drug-likeness (QED) is 0.726. The number of rotatable bonds is 1. The van der Waals surface area contributed by atoms with Crippen LogP contribution in [-0.2, 0) is 16.1 Å². The van der Waals surface area contributed by atoms with E-state index < -0.39 is 6.04 Å². The van der Waals surface area contributed by atoms with Crippen molar-refractivity contribution >= 4 is 23.3 Å². The van der Waals surface area contributed by atoms with E-state index in [1.54, 1.807) is 23.1 Å². The van der Waals surface area contributed by atoms with Gasteiger partial charge in [0.1, 0.15) is 17.6 Å². The molecular weight excluding hydrogens is 246 g/mol. The van der Waals surface area contributed by atoms with E-state index in [-0.39, 0.29) is 24.0 Å². The van der Waals surface area contributed by atoms with E-state index in [9.17, 15) is 14.7 Å². The van der Waals surface area contributed by atoms with Crippen LogP contribution in [0.25, 0.3) is 0 Å². The van der Waals surface area contributed by atoms with Gasteiger partial charge in [-0.25, -0.2) is 4.99 Å². The first-order chi connectivity index (χ1) is 9.04. The molecule has 0 bridgehead atoms. The van der Waals surface area contributed by atoms with Crippen LogP contribution in [0.4, 0.5) is 5.69 Å². The molecule has 3 rings (SSSR count). The van der Waals surface area contributed by atoms with E-state index in [1.165, 1.54) is 0 Å². The third-order valence-corrected chi connectivity index (χ3v) is 3.42. The number of nitrogens with zero attached hydrogens (tertiary/aromatic N) is 2. The highest BCUT2D eigenvalue weighted by molar-refractivity contribution is 6.07. The van der Waals surface area contributed by atoms with E-state index >= 15 is 0 Å². The number of amidine groups is 1. The molecular formula is C13H13N3O3. The van der Waals surface area contributed by atoms with Crippen molar-refractivity contribution in [3.63, 3.8) is 0 Å². The second-order valence-electron chi connectivity index (χ2n) is 4.73. The number of aliphatic imine (C=N–C) groups is 1. The van der Waals surface area contributed by atoms with Crippen molar-refractivity contribution in [3.8, 4) is 5.75 Å². The van der Waals surface area contributed by atoms with Crippen LogP contribution < -0.4 is 5.32 Å². The van der Waals surface area contributed by atoms with Crippen molar-refractivity contribution < 1.29 is 14.7 Å². The minimum Gasteiger partial charge on any atom is -0.508 e. The number of carbonyl (C=O) groups is 2. The van der Waals surface area contributed by atoms with Gasteiger partial charge < -0.3 is 10.0 Å². The summed E-state index contributed by atoms with van der Waals surface area (Å²) in [6, 6.07) is 4.45. The molecule has 0 aromatic heterocycles. The second kappa shape index (κ2) is 4.08. The predicted octanol–water partition coefficient (Wildman–Crippen LogP) is 0.673. The number of amides is 2. The highest BCUT2D eigenvalue weighted by atomic mass is 16.3. The van der Waals surface area contributed by atoms with Crippen LogP contribution in [0, 0.1) is 0 Å². The predicted molar refractivity (Wildman–Crippen MR) is 68.0 cm³/mol. The molecule has 2 heterocycles. The Hall–Kier alpha value is -2.37. The van der Waals surface area contributed by atoms with E-state index in [0.29, 0.717) is 12.4 Å². The van der Waals surface area contributed by atoms with E-state index in [1.807, 2.05) is 6.92 Å². The number of aromatic hydroxyl groups is 1. The van der Waals surface area contributed by atoms with Gasteiger partial charge in [0.05, 0.1) is 12.1 Å². The zero-order valence-corrected chi connectivity index (χ0v) is 10.4. The summed E-state index contributed by atoms with van der Waals surface area (Å²) in [5, 5.41) is 11.8. The summed E-state index contributed by atoms with van der Waals surface area (Å²) < 4.78 is 0. The highest BCUT2D eigenvalue weighted by Gasteiger charge is 2.37. The van der Waals surface area contributed by atoms with Gasteiger partial charge in [-0.3, -0.25) is 14.9 Å². The largest absolute Gasteiger partial charge is 0.508 e. The standard InChI is InChI=1S/C13H13N3O3/c1-7-14-10-3-2-9(17)4-8(10)6-16(7)11-5-12(18)15-13(11)19/h2-4,11,17H,5-6H2,1H3,(H,15,18,19). The van der Waals surface area contributed by atoms with Gasteiger partial charge in [0.25, 0.3) is 0 Å². The summed E-state index contributed by atoms with van der Waals surface area (Å²) in [5.41, 5.74) is 1.63. The molecule has 2 amide bonds. The summed E-state index contributed by atoms with van der Waals surface area (Å²) in [4.78, 5) is 29.2. The first-order valence-corrected chi connectivity index (χ1v) is 6.02. The smallest absolute Gasteiger partial charge is 0.249 e. The van der Waals surface area contributed by atoms with Crippen LogP contribution >= 0.6 is 0 Å². The Labute approximate surface area is 109 Å². The molecule has 1 saturated heterocycles. The van der Waals surface area contributed by atoms with Gasteiger partial charge in [-0.15, -0.1) is 0 Å². The number of hydrogen-bond donors (Lipinski definition) is 2. The third-order valence-electron chi connectivity index (χ3n) is 3.42. The molecule has 98 valence electrons. The molecule has 6 nitrogen and oxygen atoms in total. The molecule has 0 radical (unpaired) electrons. The number of imide groups is 1. The van der Waals surface area contributed by atoms with Gasteiger partial charge in [0.15, 0.2) is 0 Å². The van der Waals surface area contributed by atoms with Crippen LogP contribution in [0.2, 0.25) is 0 Å². The number of fused-ring (bicyclic) bond motifs is 1. The molecule has 19 heavy (non-hydrogen) atoms. The Morgan fingerprint density at radius 3 is 2.89 bits per heavy atom. The Kier molecular flexibility index (Phi) is 2.51. The summed E-state index contributed by atoms with van der Waals surface area (Å²) in [6.45, 7) is 2.27. The lowest BCUT2D eigenvalue weighted by molar-refractivity contribution is -0.125. The normalized spacial score (nSPS) is 22.1. The van der Waals surface area contributed by atoms with Gasteiger partial charge in [-0.05, 0) is 25.1 Å². The first kappa shape index (κ1) is 11.7. The van der Waals surface area contributed by atoms with Crippen LogP contribution in [0.15, 0.2) is 23.2 Å². The SMILES string of the molecule is CC1=Nc2ccc(O)cc2CN1C1CC(=O)NC1=O. The molecule has 2 N–H and O–H groups in total. The van der Waals surface area contributed by atoms with E-state index in [2.05, 4.69) is 10.3 Å². The van der Waals surface area contributed by atoms with Gasteiger partial charge in [-0.1, -0.05) is 0 Å². The molecule has 1 unspecified atom stereocenters. The lowest BCUT2D eigenvalue weighted by atomic mass is 10.1. The molecule has 2 aliphatic rings. The van der Waals surface area contributed by atoms with E-state index in [0.717, 1.165) is 11.3 Å². The lowest BCUT2D eigenvalue weighted by Crippen LogP contribution is -2.44. The lowest BCUT2D eigenvalue weighted by Gasteiger charge is -2.32. The fraction of sp³-hybridized carbons (Fsp3) is 0.308. The fourth-order valence-electron chi connectivity index (χ4n) is 2.47. The molecule has 0 spiro atoms. The van der Waals surface area contributed by atoms with Gasteiger partial charge in [0.2, 0.25) is 11.8 Å². The average molecular weight is 259 g/mol. The minimum absolute atomic E-state index is 0.153. The molecule has 0 saturated carbocycles. The Morgan fingerprint density at radius 1 is 1.42 bits per heavy atom. The molecule has 1 fully saturated rings. The van der Waals surface area contributed by atoms with Crippen molar-refractivity contribution in [3.05, 3.63) is 23.8 Å². The zero-order chi connectivity index (χ0) is 13.6. The first-order valence-electron chi connectivity index (χ1n) is 6.02. The maximum Gasteiger partial charge on any atom is 0.249 e. The monoisotopic (exact) mass is 259 g/mol. The van der Waals surface area contributed by atoms with Crippen LogP contribution in [0.3, 0.4) is 0 Å². The average Bonchev–Trinajstić information content (AvgIpc) is 2.68. The molecule has 1 aromatic rings. The number of phenols is 1. The summed E-state index contributed by atoms with van der Waals surface area (Å²) >= 11 is 0. The summed E-state index contributed by atoms with van der Waals surface area (Å²) in [5.74, 6) is 0.320. The van der Waals surface area contributed by atoms with Crippen molar-refractivity contribution in [2.24, 2.45) is 4.99 Å². The van der Waals surface area contributed by atoms with Crippen molar-refractivity contribution in [1.82, 2.24) is 10.2 Å². The maximum absolute atomic E-state index is 11.7. The van der Waals surface area contributed by atoms with Crippen molar-refractivity contribution in [1.29, 1.82) is 0 Å². The van der Waals surface area contributed by atoms with Crippen molar-refractivity contribution in [2.45, 2.75) is 25.9 Å². The Balaban J connectivity index is 1.94. The molecule has 0 aliphatic carbocycles. The molecule has 2 aliphatic heterocycles. The number of phenolic OH excluding ortho intramolecular Hbond substituents is 1. The topological polar surface area (TPSA) is 82.0 Å². The summed E-state index contributed by atoms with van der Waals surface area (Å²) in [6.07, 6.45) is 0.153.